The smallest absolute Gasteiger partial charge is 0.327 e. The van der Waals surface area contributed by atoms with Gasteiger partial charge in [-0.05, 0) is 23.6 Å². The number of allylic oxidation sites excluding steroid dienone is 2. The van der Waals surface area contributed by atoms with Crippen LogP contribution in [0.2, 0.25) is 0 Å². The molecule has 0 radical (unpaired) electrons. The number of amides is 1. The van der Waals surface area contributed by atoms with Crippen molar-refractivity contribution in [3.05, 3.63) is 51.9 Å². The number of carbonyl (C=O) groups excluding carboxylic acids is 1. The summed E-state index contributed by atoms with van der Waals surface area (Å²) >= 11 is 12.5. The number of carboxylic acids is 1. The average Bonchev–Trinajstić information content (AvgIpc) is 2.83. The van der Waals surface area contributed by atoms with Crippen LogP contribution >= 0.6 is 35.6 Å². The summed E-state index contributed by atoms with van der Waals surface area (Å²) in [5.41, 5.74) is 0.905. The summed E-state index contributed by atoms with van der Waals surface area (Å²) in [5, 5.41) is 9.89. The molecular formula is C18H18ClNO3S2. The number of aliphatic carboxylic acids is 1. The van der Waals surface area contributed by atoms with Crippen LogP contribution in [0.15, 0.2) is 46.3 Å². The molecule has 1 aliphatic rings. The van der Waals surface area contributed by atoms with Crippen molar-refractivity contribution in [1.29, 1.82) is 0 Å². The summed E-state index contributed by atoms with van der Waals surface area (Å²) in [6, 6.07) is 8.49. The van der Waals surface area contributed by atoms with Crippen molar-refractivity contribution >= 4 is 57.9 Å². The lowest BCUT2D eigenvalue weighted by Gasteiger charge is -2.27. The van der Waals surface area contributed by atoms with Crippen molar-refractivity contribution in [2.45, 2.75) is 26.3 Å². The van der Waals surface area contributed by atoms with E-state index in [1.807, 2.05) is 37.3 Å². The van der Waals surface area contributed by atoms with E-state index in [4.69, 9.17) is 23.8 Å². The van der Waals surface area contributed by atoms with Crippen molar-refractivity contribution < 1.29 is 14.7 Å². The minimum atomic E-state index is -1.06. The Bertz CT molecular complexity index is 746. The van der Waals surface area contributed by atoms with Gasteiger partial charge in [0.1, 0.15) is 10.4 Å². The molecule has 0 saturated carbocycles. The maximum absolute atomic E-state index is 12.7. The molecular weight excluding hydrogens is 378 g/mol. The highest BCUT2D eigenvalue weighted by molar-refractivity contribution is 8.26. The van der Waals surface area contributed by atoms with Gasteiger partial charge in [-0.25, -0.2) is 4.79 Å². The number of benzene rings is 1. The van der Waals surface area contributed by atoms with E-state index in [1.54, 1.807) is 13.0 Å². The molecule has 0 spiro atoms. The fraction of sp³-hybridized carbons (Fsp3) is 0.278. The van der Waals surface area contributed by atoms with Crippen molar-refractivity contribution in [1.82, 2.24) is 4.90 Å². The number of thioether (sulfide) groups is 1. The van der Waals surface area contributed by atoms with E-state index in [2.05, 4.69) is 0 Å². The van der Waals surface area contributed by atoms with Crippen LogP contribution in [0.4, 0.5) is 0 Å². The van der Waals surface area contributed by atoms with E-state index in [-0.39, 0.29) is 10.2 Å². The molecule has 1 fully saturated rings. The fourth-order valence-electron chi connectivity index (χ4n) is 2.43. The lowest BCUT2D eigenvalue weighted by Crippen LogP contribution is -2.47. The quantitative estimate of drug-likeness (QED) is 0.567. The number of thiocarbonyl (C=S) groups is 1. The molecule has 4 nitrogen and oxygen atoms in total. The molecule has 25 heavy (non-hydrogen) atoms. The maximum Gasteiger partial charge on any atom is 0.327 e. The van der Waals surface area contributed by atoms with Crippen molar-refractivity contribution in [3.8, 4) is 0 Å². The molecule has 2 rings (SSSR count). The lowest BCUT2D eigenvalue weighted by molar-refractivity contribution is -0.147. The zero-order chi connectivity index (χ0) is 18.6. The van der Waals surface area contributed by atoms with Gasteiger partial charge in [0.2, 0.25) is 0 Å². The molecule has 0 unspecified atom stereocenters. The van der Waals surface area contributed by atoms with E-state index >= 15 is 0 Å². The second kappa shape index (κ2) is 8.65. The van der Waals surface area contributed by atoms with Crippen LogP contribution in [0.1, 0.15) is 25.8 Å². The Morgan fingerprint density at radius 3 is 2.60 bits per heavy atom. The van der Waals surface area contributed by atoms with E-state index in [0.717, 1.165) is 17.3 Å². The molecule has 1 N–H and O–H groups in total. The first kappa shape index (κ1) is 19.7. The Morgan fingerprint density at radius 2 is 2.04 bits per heavy atom. The number of rotatable bonds is 6. The molecule has 1 aliphatic heterocycles. The number of carboxylic acid groups (broad SMARTS) is 1. The minimum Gasteiger partial charge on any atom is -0.480 e. The fourth-order valence-corrected chi connectivity index (χ4v) is 4.05. The van der Waals surface area contributed by atoms with Gasteiger partial charge in [0.25, 0.3) is 5.91 Å². The molecule has 0 aliphatic carbocycles. The van der Waals surface area contributed by atoms with Gasteiger partial charge in [-0.1, -0.05) is 86.2 Å². The van der Waals surface area contributed by atoms with Gasteiger partial charge in [-0.2, -0.15) is 0 Å². The second-order valence-electron chi connectivity index (χ2n) is 5.66. The SMILES string of the molecule is CC[C@@H](C)[C@@H](C(=O)O)N1C(=O)/C(=C/C(Cl)=C/c2ccccc2)SC1=S. The number of nitrogens with zero attached hydrogens (tertiary/aromatic N) is 1. The molecule has 1 amide bonds. The first-order valence-corrected chi connectivity index (χ1v) is 9.37. The van der Waals surface area contributed by atoms with Gasteiger partial charge in [0.15, 0.2) is 0 Å². The number of carbonyl (C=O) groups is 2. The van der Waals surface area contributed by atoms with Crippen molar-refractivity contribution in [3.63, 3.8) is 0 Å². The van der Waals surface area contributed by atoms with Crippen LogP contribution in [-0.2, 0) is 9.59 Å². The van der Waals surface area contributed by atoms with Gasteiger partial charge in [0.05, 0.1) is 4.91 Å². The first-order chi connectivity index (χ1) is 11.8. The summed E-state index contributed by atoms with van der Waals surface area (Å²) in [7, 11) is 0. The monoisotopic (exact) mass is 395 g/mol. The molecule has 2 atom stereocenters. The highest BCUT2D eigenvalue weighted by atomic mass is 35.5. The van der Waals surface area contributed by atoms with Gasteiger partial charge in [-0.3, -0.25) is 9.69 Å². The predicted molar refractivity (Wildman–Crippen MR) is 106 cm³/mol. The third-order valence-corrected chi connectivity index (χ3v) is 5.46. The van der Waals surface area contributed by atoms with Gasteiger partial charge >= 0.3 is 5.97 Å². The number of hydrogen-bond donors (Lipinski definition) is 1. The van der Waals surface area contributed by atoms with E-state index in [1.165, 1.54) is 11.0 Å². The number of hydrogen-bond acceptors (Lipinski definition) is 4. The zero-order valence-electron chi connectivity index (χ0n) is 13.8. The Labute approximate surface area is 161 Å². The van der Waals surface area contributed by atoms with Gasteiger partial charge < -0.3 is 5.11 Å². The summed E-state index contributed by atoms with van der Waals surface area (Å²) < 4.78 is 0.244. The largest absolute Gasteiger partial charge is 0.480 e. The summed E-state index contributed by atoms with van der Waals surface area (Å²) in [4.78, 5) is 25.8. The molecule has 1 aromatic carbocycles. The first-order valence-electron chi connectivity index (χ1n) is 7.77. The van der Waals surface area contributed by atoms with E-state index < -0.39 is 17.9 Å². The average molecular weight is 396 g/mol. The molecule has 0 aromatic heterocycles. The summed E-state index contributed by atoms with van der Waals surface area (Å²) in [6.45, 7) is 3.68. The minimum absolute atomic E-state index is 0.213. The molecule has 132 valence electrons. The molecule has 1 saturated heterocycles. The van der Waals surface area contributed by atoms with Crippen LogP contribution < -0.4 is 0 Å². The van der Waals surface area contributed by atoms with Crippen LogP contribution in [-0.4, -0.2) is 32.2 Å². The zero-order valence-corrected chi connectivity index (χ0v) is 16.2. The topological polar surface area (TPSA) is 57.6 Å². The van der Waals surface area contributed by atoms with E-state index in [9.17, 15) is 14.7 Å². The Morgan fingerprint density at radius 1 is 1.40 bits per heavy atom. The Hall–Kier alpha value is -1.63. The summed E-state index contributed by atoms with van der Waals surface area (Å²) in [6.07, 6.45) is 3.89. The Kier molecular flexibility index (Phi) is 6.81. The molecule has 1 heterocycles. The summed E-state index contributed by atoms with van der Waals surface area (Å²) in [5.74, 6) is -1.69. The number of halogens is 1. The second-order valence-corrected chi connectivity index (χ2v) is 7.77. The van der Waals surface area contributed by atoms with E-state index in [0.29, 0.717) is 16.4 Å². The van der Waals surface area contributed by atoms with Crippen LogP contribution in [0, 0.1) is 5.92 Å². The van der Waals surface area contributed by atoms with Crippen molar-refractivity contribution in [2.24, 2.45) is 5.92 Å². The molecule has 7 heteroatoms. The molecule has 1 aromatic rings. The normalized spacial score (nSPS) is 19.4. The third kappa shape index (κ3) is 4.71. The van der Waals surface area contributed by atoms with Gasteiger partial charge in [-0.15, -0.1) is 0 Å². The van der Waals surface area contributed by atoms with Crippen molar-refractivity contribution in [2.75, 3.05) is 0 Å². The standard InChI is InChI=1S/C18H18ClNO3S2/c1-3-11(2)15(17(22)23)20-16(21)14(25-18(20)24)10-13(19)9-12-7-5-4-6-8-12/h4-11,15H,3H2,1-2H3,(H,22,23)/b13-9-,14-10-/t11-,15+/m1/s1. The third-order valence-electron chi connectivity index (χ3n) is 3.91. The van der Waals surface area contributed by atoms with Crippen LogP contribution in [0.5, 0.6) is 0 Å². The highest BCUT2D eigenvalue weighted by Gasteiger charge is 2.42. The molecule has 0 bridgehead atoms. The van der Waals surface area contributed by atoms with Crippen LogP contribution in [0.3, 0.4) is 0 Å². The van der Waals surface area contributed by atoms with Crippen LogP contribution in [0.25, 0.3) is 6.08 Å². The van der Waals surface area contributed by atoms with Gasteiger partial charge in [0, 0.05) is 5.03 Å². The Balaban J connectivity index is 2.28. The maximum atomic E-state index is 12.7. The predicted octanol–water partition coefficient (Wildman–Crippen LogP) is 4.51. The lowest BCUT2D eigenvalue weighted by atomic mass is 9.98. The highest BCUT2D eigenvalue weighted by Crippen LogP contribution is 2.36.